The molecule has 224 valence electrons. The molecule has 11 nitrogen and oxygen atoms in total. The Morgan fingerprint density at radius 3 is 2.65 bits per heavy atom. The Hall–Kier alpha value is -4.39. The van der Waals surface area contributed by atoms with Gasteiger partial charge in [0.15, 0.2) is 0 Å². The second-order valence-electron chi connectivity index (χ2n) is 10.7. The average molecular weight is 587 g/mol. The fourth-order valence-electron chi connectivity index (χ4n) is 5.58. The summed E-state index contributed by atoms with van der Waals surface area (Å²) in [6.45, 7) is 5.30. The highest BCUT2D eigenvalue weighted by atomic mass is 19.1. The van der Waals surface area contributed by atoms with Crippen LogP contribution in [0.5, 0.6) is 0 Å². The molecule has 2 aliphatic rings. The van der Waals surface area contributed by atoms with Gasteiger partial charge < -0.3 is 15.0 Å². The normalized spacial score (nSPS) is 18.7. The molecule has 2 amide bonds. The predicted molar refractivity (Wildman–Crippen MR) is 160 cm³/mol. The van der Waals surface area contributed by atoms with Gasteiger partial charge in [-0.25, -0.2) is 19.4 Å². The molecule has 5 heterocycles. The van der Waals surface area contributed by atoms with Crippen LogP contribution in [-0.2, 0) is 9.57 Å². The van der Waals surface area contributed by atoms with Crippen molar-refractivity contribution in [2.45, 2.75) is 31.9 Å². The van der Waals surface area contributed by atoms with E-state index in [1.807, 2.05) is 55.6 Å². The Balaban J connectivity index is 1.26. The van der Waals surface area contributed by atoms with Crippen molar-refractivity contribution in [3.63, 3.8) is 0 Å². The van der Waals surface area contributed by atoms with E-state index < -0.39 is 24.1 Å². The number of carbonyl (C=O) groups excluding carboxylic acids is 1. The minimum Gasteiger partial charge on any atom is -0.383 e. The molecule has 3 aromatic heterocycles. The summed E-state index contributed by atoms with van der Waals surface area (Å²) in [5.41, 5.74) is 3.76. The second-order valence-corrected chi connectivity index (χ2v) is 10.7. The molecule has 6 rings (SSSR count). The van der Waals surface area contributed by atoms with Crippen LogP contribution in [-0.4, -0.2) is 76.8 Å². The molecule has 2 saturated heterocycles. The number of nitrogens with one attached hydrogen (secondary N) is 2. The van der Waals surface area contributed by atoms with Gasteiger partial charge in [-0.05, 0) is 61.7 Å². The van der Waals surface area contributed by atoms with Crippen molar-refractivity contribution in [1.82, 2.24) is 30.1 Å². The highest BCUT2D eigenvalue weighted by Crippen LogP contribution is 2.32. The number of amides is 2. The van der Waals surface area contributed by atoms with Crippen LogP contribution < -0.4 is 15.5 Å². The number of carbonyl (C=O) groups is 1. The third-order valence-corrected chi connectivity index (χ3v) is 7.78. The maximum Gasteiger partial charge on any atom is 0.320 e. The number of para-hydroxylation sites is 1. The van der Waals surface area contributed by atoms with Crippen molar-refractivity contribution >= 4 is 17.7 Å². The van der Waals surface area contributed by atoms with E-state index in [4.69, 9.17) is 19.7 Å². The maximum atomic E-state index is 14.0. The Kier molecular flexibility index (Phi) is 8.59. The number of aromatic nitrogens is 4. The van der Waals surface area contributed by atoms with Crippen molar-refractivity contribution in [3.8, 4) is 16.9 Å². The lowest BCUT2D eigenvalue weighted by atomic mass is 10.0. The van der Waals surface area contributed by atoms with Crippen molar-refractivity contribution in [2.75, 3.05) is 50.1 Å². The Morgan fingerprint density at radius 2 is 1.93 bits per heavy atom. The van der Waals surface area contributed by atoms with Crippen LogP contribution in [0.2, 0.25) is 0 Å². The van der Waals surface area contributed by atoms with Crippen LogP contribution in [0.25, 0.3) is 16.9 Å². The Labute approximate surface area is 249 Å². The largest absolute Gasteiger partial charge is 0.383 e. The van der Waals surface area contributed by atoms with E-state index in [9.17, 15) is 9.18 Å². The zero-order valence-electron chi connectivity index (χ0n) is 24.2. The minimum absolute atomic E-state index is 0.391. The van der Waals surface area contributed by atoms with E-state index in [0.29, 0.717) is 31.1 Å². The first-order valence-electron chi connectivity index (χ1n) is 14.5. The van der Waals surface area contributed by atoms with Crippen LogP contribution in [0.4, 0.5) is 20.8 Å². The van der Waals surface area contributed by atoms with E-state index in [1.54, 1.807) is 22.9 Å². The van der Waals surface area contributed by atoms with Gasteiger partial charge >= 0.3 is 6.03 Å². The highest BCUT2D eigenvalue weighted by Gasteiger charge is 2.37. The third-order valence-electron chi connectivity index (χ3n) is 7.78. The van der Waals surface area contributed by atoms with Gasteiger partial charge in [-0.15, -0.1) is 0 Å². The van der Waals surface area contributed by atoms with Crippen molar-refractivity contribution < 1.29 is 18.8 Å². The SMILES string of the molecule is COCCN1C[C@@H](NC(=O)Nc2c(C)c(-c3ccc(N4CCCC4)nc3)nn2-c2ccccc2)[C@H](c2ccnc(F)c2)O1. The van der Waals surface area contributed by atoms with Crippen molar-refractivity contribution in [3.05, 3.63) is 84.1 Å². The van der Waals surface area contributed by atoms with E-state index in [-0.39, 0.29) is 0 Å². The number of methoxy groups -OCH3 is 1. The number of rotatable bonds is 9. The van der Waals surface area contributed by atoms with Gasteiger partial charge in [0.05, 0.1) is 24.0 Å². The van der Waals surface area contributed by atoms with Gasteiger partial charge in [0.2, 0.25) is 5.95 Å². The van der Waals surface area contributed by atoms with Crippen LogP contribution in [0.3, 0.4) is 0 Å². The molecule has 2 aliphatic heterocycles. The Morgan fingerprint density at radius 1 is 1.12 bits per heavy atom. The van der Waals surface area contributed by atoms with Gasteiger partial charge in [0.1, 0.15) is 17.7 Å². The standard InChI is InChI=1S/C31H35FN8O3/c1-21-28(23-10-11-27(34-19-23)38-14-6-7-15-38)37-40(24-8-4-3-5-9-24)30(21)36-31(41)35-25-20-39(16-17-42-2)43-29(25)22-12-13-33-26(32)18-22/h3-5,8-13,18-19,25,29H,6-7,14-17,20H2,1-2H3,(H2,35,36,41)/t25-,29+/m1/s1. The molecule has 0 unspecified atom stereocenters. The molecule has 43 heavy (non-hydrogen) atoms. The number of nitrogens with zero attached hydrogens (tertiary/aromatic N) is 6. The number of ether oxygens (including phenoxy) is 1. The molecule has 0 bridgehead atoms. The van der Waals surface area contributed by atoms with E-state index in [0.717, 1.165) is 41.4 Å². The number of hydroxylamine groups is 2. The van der Waals surface area contributed by atoms with E-state index in [2.05, 4.69) is 20.5 Å². The number of benzene rings is 1. The number of halogens is 1. The summed E-state index contributed by atoms with van der Waals surface area (Å²) in [6.07, 6.45) is 4.99. The number of hydrogen-bond acceptors (Lipinski definition) is 8. The minimum atomic E-state index is -0.613. The molecule has 1 aromatic carbocycles. The smallest absolute Gasteiger partial charge is 0.320 e. The summed E-state index contributed by atoms with van der Waals surface area (Å²) in [7, 11) is 1.61. The lowest BCUT2D eigenvalue weighted by Crippen LogP contribution is -2.42. The average Bonchev–Trinajstić information content (AvgIpc) is 3.77. The summed E-state index contributed by atoms with van der Waals surface area (Å²) >= 11 is 0. The van der Waals surface area contributed by atoms with Crippen molar-refractivity contribution in [1.29, 1.82) is 0 Å². The van der Waals surface area contributed by atoms with E-state index >= 15 is 0 Å². The number of urea groups is 1. The molecule has 0 spiro atoms. The Bertz CT molecular complexity index is 1540. The molecule has 0 saturated carbocycles. The molecule has 0 radical (unpaired) electrons. The zero-order valence-corrected chi connectivity index (χ0v) is 24.2. The number of anilines is 2. The quantitative estimate of drug-likeness (QED) is 0.276. The van der Waals surface area contributed by atoms with Gasteiger partial charge in [-0.2, -0.15) is 14.6 Å². The molecular formula is C31H35FN8O3. The monoisotopic (exact) mass is 586 g/mol. The topological polar surface area (TPSA) is 110 Å². The molecule has 0 aliphatic carbocycles. The van der Waals surface area contributed by atoms with Crippen molar-refractivity contribution in [2.24, 2.45) is 0 Å². The molecule has 2 fully saturated rings. The summed E-state index contributed by atoms with van der Waals surface area (Å²) in [5.74, 6) is 0.877. The lowest BCUT2D eigenvalue weighted by Gasteiger charge is -2.19. The maximum absolute atomic E-state index is 14.0. The first-order chi connectivity index (χ1) is 21.0. The molecule has 12 heteroatoms. The van der Waals surface area contributed by atoms with Gasteiger partial charge in [0.25, 0.3) is 0 Å². The molecular weight excluding hydrogens is 551 g/mol. The number of hydrogen-bond donors (Lipinski definition) is 2. The van der Waals surface area contributed by atoms with Gasteiger partial charge in [0, 0.05) is 56.8 Å². The highest BCUT2D eigenvalue weighted by molar-refractivity contribution is 5.91. The van der Waals surface area contributed by atoms with Crippen LogP contribution in [0.15, 0.2) is 67.0 Å². The third kappa shape index (κ3) is 6.36. The fourth-order valence-corrected chi connectivity index (χ4v) is 5.58. The summed E-state index contributed by atoms with van der Waals surface area (Å²) in [6, 6.07) is 15.8. The first-order valence-corrected chi connectivity index (χ1v) is 14.5. The first kappa shape index (κ1) is 28.7. The summed E-state index contributed by atoms with van der Waals surface area (Å²) in [4.78, 5) is 30.3. The molecule has 2 atom stereocenters. The lowest BCUT2D eigenvalue weighted by molar-refractivity contribution is -0.154. The van der Waals surface area contributed by atoms with E-state index in [1.165, 1.54) is 25.1 Å². The van der Waals surface area contributed by atoms with Crippen LogP contribution >= 0.6 is 0 Å². The summed E-state index contributed by atoms with van der Waals surface area (Å²) < 4.78 is 20.9. The summed E-state index contributed by atoms with van der Waals surface area (Å²) in [5, 5.41) is 12.7. The van der Waals surface area contributed by atoms with Gasteiger partial charge in [-0.1, -0.05) is 18.2 Å². The predicted octanol–water partition coefficient (Wildman–Crippen LogP) is 4.50. The zero-order chi connectivity index (χ0) is 29.8. The van der Waals surface area contributed by atoms with Gasteiger partial charge in [-0.3, -0.25) is 10.2 Å². The molecule has 2 N–H and O–H groups in total. The van der Waals surface area contributed by atoms with Crippen LogP contribution in [0, 0.1) is 12.9 Å². The fraction of sp³-hybridized carbons (Fsp3) is 0.355. The number of pyridine rings is 2. The second kappa shape index (κ2) is 12.9. The van der Waals surface area contributed by atoms with Crippen LogP contribution in [0.1, 0.15) is 30.1 Å². The molecule has 4 aromatic rings.